The molecule has 0 radical (unpaired) electrons. The van der Waals surface area contributed by atoms with Crippen LogP contribution in [0.15, 0.2) is 48.5 Å². The Balaban J connectivity index is 1.99. The van der Waals surface area contributed by atoms with E-state index < -0.39 is 67.0 Å². The van der Waals surface area contributed by atoms with E-state index in [0.29, 0.717) is 0 Å². The minimum atomic E-state index is -2.61. The van der Waals surface area contributed by atoms with Crippen LogP contribution >= 0.6 is 23.2 Å². The van der Waals surface area contributed by atoms with Gasteiger partial charge in [-0.25, -0.2) is 8.78 Å². The Hall–Kier alpha value is -2.84. The third-order valence-electron chi connectivity index (χ3n) is 6.38. The lowest BCUT2D eigenvalue weighted by molar-refractivity contribution is -0.149. The van der Waals surface area contributed by atoms with Gasteiger partial charge in [-0.1, -0.05) is 36.4 Å². The normalized spacial score (nSPS) is 36.7. The number of rotatable bonds is 2. The van der Waals surface area contributed by atoms with Gasteiger partial charge in [-0.15, -0.1) is 23.2 Å². The molecule has 3 aliphatic rings. The van der Waals surface area contributed by atoms with Crippen LogP contribution < -0.4 is 10.6 Å². The highest BCUT2D eigenvalue weighted by Gasteiger charge is 3.02. The standard InChI is InChI=1S/C20H10Cl2F2N2O4/c21-19-15(29)25-13(27)17(19,9-5-1-3-7-11(9)23)20(22)16(30)26-14(28)18(19,20)10-6-2-4-8-12(10)24/h1-8H,(H,25,27,29)(H,26,28,30). The maximum atomic E-state index is 14.9. The Morgan fingerprint density at radius 1 is 0.600 bits per heavy atom. The van der Waals surface area contributed by atoms with E-state index in [2.05, 4.69) is 0 Å². The molecule has 2 heterocycles. The average molecular weight is 451 g/mol. The molecule has 10 heteroatoms. The molecule has 6 nitrogen and oxygen atoms in total. The minimum absolute atomic E-state index is 0.449. The third kappa shape index (κ3) is 1.49. The summed E-state index contributed by atoms with van der Waals surface area (Å²) in [6.07, 6.45) is 0. The SMILES string of the molecule is O=C1NC(=O)C2(c3ccccc3F)C1(Cl)C1(c3ccccc3F)C(=O)NC(=O)C21Cl. The molecule has 4 amide bonds. The van der Waals surface area contributed by atoms with Crippen molar-refractivity contribution in [3.63, 3.8) is 0 Å². The number of carbonyl (C=O) groups excluding carboxylic acids is 4. The highest BCUT2D eigenvalue weighted by Crippen LogP contribution is 2.78. The van der Waals surface area contributed by atoms with Crippen molar-refractivity contribution in [3.8, 4) is 0 Å². The van der Waals surface area contributed by atoms with E-state index in [1.54, 1.807) is 0 Å². The van der Waals surface area contributed by atoms with E-state index in [1.807, 2.05) is 10.6 Å². The van der Waals surface area contributed by atoms with Crippen molar-refractivity contribution in [3.05, 3.63) is 71.3 Å². The molecule has 152 valence electrons. The second-order valence-corrected chi connectivity index (χ2v) is 8.48. The maximum absolute atomic E-state index is 14.9. The molecule has 0 aromatic heterocycles. The maximum Gasteiger partial charge on any atom is 0.250 e. The fourth-order valence-corrected chi connectivity index (χ4v) is 6.87. The molecule has 2 aliphatic heterocycles. The number of amides is 4. The van der Waals surface area contributed by atoms with Crippen molar-refractivity contribution in [2.75, 3.05) is 0 Å². The Morgan fingerprint density at radius 2 is 0.933 bits per heavy atom. The molecule has 1 aliphatic carbocycles. The van der Waals surface area contributed by atoms with Crippen LogP contribution in [0.3, 0.4) is 0 Å². The second kappa shape index (κ2) is 5.44. The number of fused-ring (bicyclic) bond motifs is 4. The fourth-order valence-electron chi connectivity index (χ4n) is 5.37. The first kappa shape index (κ1) is 19.1. The van der Waals surface area contributed by atoms with Crippen LogP contribution in [0.1, 0.15) is 11.1 Å². The first-order valence-electron chi connectivity index (χ1n) is 8.73. The number of halogens is 4. The quantitative estimate of drug-likeness (QED) is 0.534. The zero-order valence-electron chi connectivity index (χ0n) is 14.8. The highest BCUT2D eigenvalue weighted by molar-refractivity contribution is 6.59. The molecule has 2 aromatic carbocycles. The first-order valence-corrected chi connectivity index (χ1v) is 9.48. The van der Waals surface area contributed by atoms with Gasteiger partial charge in [0, 0.05) is 11.1 Å². The van der Waals surface area contributed by atoms with Gasteiger partial charge in [-0.3, -0.25) is 29.8 Å². The summed E-state index contributed by atoms with van der Waals surface area (Å²) in [5.74, 6) is -6.61. The molecular formula is C20H10Cl2F2N2O4. The molecule has 30 heavy (non-hydrogen) atoms. The molecule has 0 unspecified atom stereocenters. The molecule has 5 rings (SSSR count). The summed E-state index contributed by atoms with van der Waals surface area (Å²) in [5.41, 5.74) is -5.92. The molecule has 1 saturated carbocycles. The van der Waals surface area contributed by atoms with Gasteiger partial charge in [0.05, 0.1) is 0 Å². The Bertz CT molecular complexity index is 1110. The van der Waals surface area contributed by atoms with Crippen LogP contribution in [0, 0.1) is 11.6 Å². The number of alkyl halides is 2. The van der Waals surface area contributed by atoms with Crippen molar-refractivity contribution in [1.82, 2.24) is 10.6 Å². The van der Waals surface area contributed by atoms with Crippen LogP contribution in [-0.2, 0) is 30.0 Å². The summed E-state index contributed by atoms with van der Waals surface area (Å²) in [5, 5.41) is 3.96. The number of hydrogen-bond donors (Lipinski definition) is 2. The fraction of sp³-hybridized carbons (Fsp3) is 0.200. The van der Waals surface area contributed by atoms with Gasteiger partial charge >= 0.3 is 0 Å². The van der Waals surface area contributed by atoms with Crippen LogP contribution in [0.5, 0.6) is 0 Å². The summed E-state index contributed by atoms with van der Waals surface area (Å²) < 4.78 is 29.8. The molecule has 2 saturated heterocycles. The zero-order valence-corrected chi connectivity index (χ0v) is 16.3. The Morgan fingerprint density at radius 3 is 1.27 bits per heavy atom. The van der Waals surface area contributed by atoms with Crippen LogP contribution in [0.4, 0.5) is 8.78 Å². The zero-order chi connectivity index (χ0) is 21.7. The molecule has 2 aromatic rings. The van der Waals surface area contributed by atoms with Gasteiger partial charge in [-0.2, -0.15) is 0 Å². The summed E-state index contributed by atoms with van der Waals surface area (Å²) >= 11 is 13.5. The average Bonchev–Trinajstić information content (AvgIpc) is 2.99. The van der Waals surface area contributed by atoms with Gasteiger partial charge in [-0.05, 0) is 12.1 Å². The van der Waals surface area contributed by atoms with Crippen molar-refractivity contribution < 1.29 is 28.0 Å². The highest BCUT2D eigenvalue weighted by atomic mass is 35.5. The predicted octanol–water partition coefficient (Wildman–Crippen LogP) is 1.42. The first-order chi connectivity index (χ1) is 14.1. The Labute approximate surface area is 177 Å². The summed E-state index contributed by atoms with van der Waals surface area (Å²) in [4.78, 5) is 47.1. The van der Waals surface area contributed by atoms with Crippen molar-refractivity contribution in [1.29, 1.82) is 0 Å². The lowest BCUT2D eigenvalue weighted by Gasteiger charge is -2.66. The van der Waals surface area contributed by atoms with Crippen molar-refractivity contribution in [2.24, 2.45) is 0 Å². The largest absolute Gasteiger partial charge is 0.294 e. The number of carbonyl (C=O) groups is 4. The van der Waals surface area contributed by atoms with Crippen LogP contribution in [0.2, 0.25) is 0 Å². The number of hydrogen-bond acceptors (Lipinski definition) is 4. The lowest BCUT2D eigenvalue weighted by Crippen LogP contribution is -2.90. The number of nitrogens with one attached hydrogen (secondary N) is 2. The molecule has 3 fully saturated rings. The third-order valence-corrected chi connectivity index (χ3v) is 7.86. The molecule has 0 spiro atoms. The van der Waals surface area contributed by atoms with Crippen LogP contribution in [-0.4, -0.2) is 33.4 Å². The summed E-state index contributed by atoms with van der Waals surface area (Å²) in [6.45, 7) is 0. The molecule has 2 N–H and O–H groups in total. The second-order valence-electron chi connectivity index (χ2n) is 7.34. The van der Waals surface area contributed by atoms with Crippen molar-refractivity contribution >= 4 is 46.8 Å². The summed E-state index contributed by atoms with van der Waals surface area (Å²) in [6, 6.07) is 9.65. The van der Waals surface area contributed by atoms with Gasteiger partial charge in [0.2, 0.25) is 11.8 Å². The minimum Gasteiger partial charge on any atom is -0.294 e. The topological polar surface area (TPSA) is 92.3 Å². The van der Waals surface area contributed by atoms with E-state index in [0.717, 1.165) is 24.3 Å². The van der Waals surface area contributed by atoms with Crippen LogP contribution in [0.25, 0.3) is 0 Å². The monoisotopic (exact) mass is 450 g/mol. The summed E-state index contributed by atoms with van der Waals surface area (Å²) in [7, 11) is 0. The molecule has 0 bridgehead atoms. The van der Waals surface area contributed by atoms with E-state index >= 15 is 0 Å². The van der Waals surface area contributed by atoms with Gasteiger partial charge < -0.3 is 0 Å². The van der Waals surface area contributed by atoms with E-state index in [-0.39, 0.29) is 0 Å². The number of benzene rings is 2. The molecule has 0 atom stereocenters. The predicted molar refractivity (Wildman–Crippen MR) is 99.6 cm³/mol. The van der Waals surface area contributed by atoms with E-state index in [9.17, 15) is 28.0 Å². The van der Waals surface area contributed by atoms with Gasteiger partial charge in [0.1, 0.15) is 22.5 Å². The smallest absolute Gasteiger partial charge is 0.250 e. The van der Waals surface area contributed by atoms with Gasteiger partial charge in [0.15, 0.2) is 9.75 Å². The lowest BCUT2D eigenvalue weighted by atomic mass is 9.35. The van der Waals surface area contributed by atoms with Crippen molar-refractivity contribution in [2.45, 2.75) is 20.6 Å². The Kier molecular flexibility index (Phi) is 3.47. The molecular weight excluding hydrogens is 441 g/mol. The van der Waals surface area contributed by atoms with E-state index in [4.69, 9.17) is 23.2 Å². The van der Waals surface area contributed by atoms with E-state index in [1.165, 1.54) is 24.3 Å². The van der Waals surface area contributed by atoms with Gasteiger partial charge in [0.25, 0.3) is 11.8 Å². The number of imide groups is 2.